The molecule has 0 spiro atoms. The number of nitrogens with one attached hydrogen (secondary N) is 1. The van der Waals surface area contributed by atoms with Gasteiger partial charge < -0.3 is 9.82 Å². The van der Waals surface area contributed by atoms with Gasteiger partial charge in [-0.1, -0.05) is 11.7 Å². The standard InChI is InChI=1S/C10H12N2O/c1-2-13-12-9-3-4-10-8(7-9)5-6-11-10/h2,5-6,11H,1,3-4,7H2/b12-9-. The van der Waals surface area contributed by atoms with Crippen LogP contribution >= 0.6 is 0 Å². The van der Waals surface area contributed by atoms with E-state index in [0.29, 0.717) is 0 Å². The minimum Gasteiger partial charge on any atom is -0.366 e. The highest BCUT2D eigenvalue weighted by atomic mass is 16.6. The first-order valence-corrected chi connectivity index (χ1v) is 4.38. The van der Waals surface area contributed by atoms with Crippen molar-refractivity contribution in [3.05, 3.63) is 36.4 Å². The summed E-state index contributed by atoms with van der Waals surface area (Å²) < 4.78 is 0. The first kappa shape index (κ1) is 8.10. The van der Waals surface area contributed by atoms with Gasteiger partial charge in [0.05, 0.1) is 5.71 Å². The molecule has 0 unspecified atom stereocenters. The Morgan fingerprint density at radius 2 is 2.46 bits per heavy atom. The summed E-state index contributed by atoms with van der Waals surface area (Å²) in [6.45, 7) is 3.44. The summed E-state index contributed by atoms with van der Waals surface area (Å²) in [5, 5.41) is 3.96. The molecule has 0 fully saturated rings. The fraction of sp³-hybridized carbons (Fsp3) is 0.300. The molecule has 0 atom stereocenters. The van der Waals surface area contributed by atoms with Crippen molar-refractivity contribution in [2.24, 2.45) is 5.16 Å². The molecule has 1 aromatic rings. The van der Waals surface area contributed by atoms with Gasteiger partial charge >= 0.3 is 0 Å². The average Bonchev–Trinajstić information content (AvgIpc) is 2.61. The molecule has 1 aliphatic rings. The zero-order valence-corrected chi connectivity index (χ0v) is 7.42. The number of aromatic nitrogens is 1. The van der Waals surface area contributed by atoms with E-state index in [1.165, 1.54) is 17.5 Å². The van der Waals surface area contributed by atoms with E-state index in [1.54, 1.807) is 0 Å². The largest absolute Gasteiger partial charge is 0.366 e. The first-order valence-electron chi connectivity index (χ1n) is 4.38. The van der Waals surface area contributed by atoms with Crippen molar-refractivity contribution < 1.29 is 4.84 Å². The Bertz CT molecular complexity index is 338. The number of hydrogen-bond donors (Lipinski definition) is 1. The van der Waals surface area contributed by atoms with Crippen LogP contribution in [0.25, 0.3) is 0 Å². The van der Waals surface area contributed by atoms with E-state index < -0.39 is 0 Å². The lowest BCUT2D eigenvalue weighted by Gasteiger charge is -2.12. The number of rotatable bonds is 2. The molecule has 68 valence electrons. The van der Waals surface area contributed by atoms with Crippen molar-refractivity contribution >= 4 is 5.71 Å². The minimum absolute atomic E-state index is 0.896. The number of hydrogen-bond acceptors (Lipinski definition) is 2. The summed E-state index contributed by atoms with van der Waals surface area (Å²) in [6, 6.07) is 2.10. The quantitative estimate of drug-likeness (QED) is 0.543. The second-order valence-corrected chi connectivity index (χ2v) is 3.09. The van der Waals surface area contributed by atoms with E-state index in [0.717, 1.165) is 25.0 Å². The van der Waals surface area contributed by atoms with E-state index in [2.05, 4.69) is 22.8 Å². The van der Waals surface area contributed by atoms with Crippen molar-refractivity contribution in [2.75, 3.05) is 0 Å². The number of aromatic amines is 1. The topological polar surface area (TPSA) is 37.4 Å². The van der Waals surface area contributed by atoms with Crippen LogP contribution < -0.4 is 0 Å². The maximum absolute atomic E-state index is 4.81. The smallest absolute Gasteiger partial charge is 0.114 e. The Kier molecular flexibility index (Phi) is 2.17. The maximum atomic E-state index is 4.81. The molecule has 1 aliphatic carbocycles. The van der Waals surface area contributed by atoms with Crippen LogP contribution in [0.5, 0.6) is 0 Å². The fourth-order valence-corrected chi connectivity index (χ4v) is 1.60. The third-order valence-electron chi connectivity index (χ3n) is 2.24. The number of fused-ring (bicyclic) bond motifs is 1. The Labute approximate surface area is 77.1 Å². The van der Waals surface area contributed by atoms with Crippen LogP contribution in [0.4, 0.5) is 0 Å². The van der Waals surface area contributed by atoms with Gasteiger partial charge in [-0.3, -0.25) is 0 Å². The molecule has 0 saturated carbocycles. The number of aryl methyl sites for hydroxylation is 1. The van der Waals surface area contributed by atoms with E-state index in [-0.39, 0.29) is 0 Å². The van der Waals surface area contributed by atoms with E-state index in [4.69, 9.17) is 4.84 Å². The lowest BCUT2D eigenvalue weighted by Crippen LogP contribution is -2.12. The maximum Gasteiger partial charge on any atom is 0.114 e. The second-order valence-electron chi connectivity index (χ2n) is 3.09. The molecule has 0 aromatic carbocycles. The molecular formula is C10H12N2O. The fourth-order valence-electron chi connectivity index (χ4n) is 1.60. The summed E-state index contributed by atoms with van der Waals surface area (Å²) >= 11 is 0. The lowest BCUT2D eigenvalue weighted by atomic mass is 9.96. The lowest BCUT2D eigenvalue weighted by molar-refractivity contribution is 0.267. The summed E-state index contributed by atoms with van der Waals surface area (Å²) in [6.07, 6.45) is 6.22. The molecule has 13 heavy (non-hydrogen) atoms. The van der Waals surface area contributed by atoms with Crippen LogP contribution in [0.2, 0.25) is 0 Å². The number of H-pyrrole nitrogens is 1. The van der Waals surface area contributed by atoms with E-state index >= 15 is 0 Å². The minimum atomic E-state index is 0.896. The molecule has 1 heterocycles. The molecular weight excluding hydrogens is 164 g/mol. The highest BCUT2D eigenvalue weighted by Crippen LogP contribution is 2.17. The molecule has 1 aromatic heterocycles. The van der Waals surface area contributed by atoms with Gasteiger partial charge in [-0.15, -0.1) is 0 Å². The Morgan fingerprint density at radius 1 is 1.54 bits per heavy atom. The first-order chi connectivity index (χ1) is 6.40. The Balaban J connectivity index is 2.12. The van der Waals surface area contributed by atoms with Gasteiger partial charge in [0.1, 0.15) is 6.26 Å². The molecule has 3 heteroatoms. The van der Waals surface area contributed by atoms with Crippen molar-refractivity contribution in [2.45, 2.75) is 19.3 Å². The zero-order chi connectivity index (χ0) is 9.10. The summed E-state index contributed by atoms with van der Waals surface area (Å²) in [4.78, 5) is 8.02. The molecule has 0 aliphatic heterocycles. The SMILES string of the molecule is C=CO/N=C1/CCc2[nH]ccc2C1. The van der Waals surface area contributed by atoms with Crippen molar-refractivity contribution in [3.63, 3.8) is 0 Å². The van der Waals surface area contributed by atoms with Crippen LogP contribution in [-0.4, -0.2) is 10.7 Å². The van der Waals surface area contributed by atoms with Gasteiger partial charge in [0.25, 0.3) is 0 Å². The van der Waals surface area contributed by atoms with Crippen LogP contribution in [-0.2, 0) is 17.7 Å². The predicted molar refractivity (Wildman–Crippen MR) is 51.5 cm³/mol. The van der Waals surface area contributed by atoms with Gasteiger partial charge in [-0.2, -0.15) is 0 Å². The molecule has 1 N–H and O–H groups in total. The normalized spacial score (nSPS) is 18.3. The average molecular weight is 176 g/mol. The predicted octanol–water partition coefficient (Wildman–Crippen LogP) is 2.02. The molecule has 0 radical (unpaired) electrons. The highest BCUT2D eigenvalue weighted by molar-refractivity contribution is 5.87. The van der Waals surface area contributed by atoms with Crippen molar-refractivity contribution in [3.8, 4) is 0 Å². The Morgan fingerprint density at radius 3 is 3.31 bits per heavy atom. The monoisotopic (exact) mass is 176 g/mol. The van der Waals surface area contributed by atoms with Crippen LogP contribution in [0.3, 0.4) is 0 Å². The molecule has 3 nitrogen and oxygen atoms in total. The molecule has 0 bridgehead atoms. The van der Waals surface area contributed by atoms with Gasteiger partial charge in [0.15, 0.2) is 0 Å². The molecule has 2 rings (SSSR count). The van der Waals surface area contributed by atoms with Gasteiger partial charge in [0, 0.05) is 18.3 Å². The van der Waals surface area contributed by atoms with Gasteiger partial charge in [0.2, 0.25) is 0 Å². The van der Waals surface area contributed by atoms with Crippen molar-refractivity contribution in [1.29, 1.82) is 0 Å². The number of nitrogens with zero attached hydrogens (tertiary/aromatic N) is 1. The van der Waals surface area contributed by atoms with Crippen LogP contribution in [0.1, 0.15) is 17.7 Å². The third kappa shape index (κ3) is 1.64. The Hall–Kier alpha value is -1.51. The van der Waals surface area contributed by atoms with Crippen LogP contribution in [0.15, 0.2) is 30.3 Å². The summed E-state index contributed by atoms with van der Waals surface area (Å²) in [5.41, 5.74) is 3.75. The summed E-state index contributed by atoms with van der Waals surface area (Å²) in [7, 11) is 0. The van der Waals surface area contributed by atoms with Crippen LogP contribution in [0, 0.1) is 0 Å². The van der Waals surface area contributed by atoms with Gasteiger partial charge in [-0.05, 0) is 24.5 Å². The van der Waals surface area contributed by atoms with E-state index in [9.17, 15) is 0 Å². The highest BCUT2D eigenvalue weighted by Gasteiger charge is 2.14. The molecule has 0 amide bonds. The number of oxime groups is 1. The molecule has 0 saturated heterocycles. The van der Waals surface area contributed by atoms with Crippen molar-refractivity contribution in [1.82, 2.24) is 4.98 Å². The van der Waals surface area contributed by atoms with Gasteiger partial charge in [-0.25, -0.2) is 0 Å². The third-order valence-corrected chi connectivity index (χ3v) is 2.24. The zero-order valence-electron chi connectivity index (χ0n) is 7.42. The summed E-state index contributed by atoms with van der Waals surface area (Å²) in [5.74, 6) is 0. The second kappa shape index (κ2) is 3.47. The van der Waals surface area contributed by atoms with E-state index in [1.807, 2.05) is 6.20 Å².